The van der Waals surface area contributed by atoms with Crippen molar-refractivity contribution < 1.29 is 27.2 Å². The maximum Gasteiger partial charge on any atom is 0.287 e. The van der Waals surface area contributed by atoms with Gasteiger partial charge < -0.3 is 14.6 Å². The largest absolute Gasteiger partial charge is 0.459 e. The van der Waals surface area contributed by atoms with Gasteiger partial charge in [0.25, 0.3) is 5.91 Å². The van der Waals surface area contributed by atoms with Crippen LogP contribution in [0.3, 0.4) is 0 Å². The summed E-state index contributed by atoms with van der Waals surface area (Å²) in [6, 6.07) is 8.28. The molecule has 0 bridgehead atoms. The summed E-state index contributed by atoms with van der Waals surface area (Å²) in [5.74, 6) is -1.01. The molecule has 0 aliphatic carbocycles. The van der Waals surface area contributed by atoms with Crippen LogP contribution in [0.1, 0.15) is 41.7 Å². The smallest absolute Gasteiger partial charge is 0.287 e. The lowest BCUT2D eigenvalue weighted by Crippen LogP contribution is -2.57. The first-order valence-corrected chi connectivity index (χ1v) is 11.8. The molecule has 0 unspecified atom stereocenters. The van der Waals surface area contributed by atoms with Crippen molar-refractivity contribution in [3.05, 3.63) is 54.0 Å². The number of carbonyl (C=O) groups is 3. The molecule has 1 aliphatic rings. The maximum atomic E-state index is 13.1. The first-order chi connectivity index (χ1) is 15.1. The quantitative estimate of drug-likeness (QED) is 0.628. The van der Waals surface area contributed by atoms with Gasteiger partial charge in [0.05, 0.1) is 11.2 Å². The lowest BCUT2D eigenvalue weighted by Gasteiger charge is -2.36. The van der Waals surface area contributed by atoms with E-state index < -0.39 is 22.0 Å². The van der Waals surface area contributed by atoms with E-state index in [1.165, 1.54) is 35.7 Å². The molecular weight excluding hydrogens is 434 g/mol. The Bertz CT molecular complexity index is 1090. The van der Waals surface area contributed by atoms with Crippen LogP contribution in [0.15, 0.2) is 52.0 Å². The molecule has 1 N–H and O–H groups in total. The molecule has 0 spiro atoms. The third kappa shape index (κ3) is 5.08. The number of Topliss-reactive ketones (excluding diaryl/α,β-unsaturated/α-hetero) is 1. The van der Waals surface area contributed by atoms with E-state index in [4.69, 9.17) is 4.42 Å². The van der Waals surface area contributed by atoms with Crippen molar-refractivity contribution in [1.29, 1.82) is 0 Å². The molecule has 2 aromatic rings. The van der Waals surface area contributed by atoms with E-state index in [0.29, 0.717) is 5.56 Å². The number of carbonyl (C=O) groups excluding carboxylic acids is 3. The van der Waals surface area contributed by atoms with Gasteiger partial charge in [0.15, 0.2) is 11.5 Å². The van der Waals surface area contributed by atoms with E-state index >= 15 is 0 Å². The van der Waals surface area contributed by atoms with Gasteiger partial charge in [-0.15, -0.1) is 0 Å². The lowest BCUT2D eigenvalue weighted by atomic mass is 10.0. The molecule has 3 rings (SSSR count). The summed E-state index contributed by atoms with van der Waals surface area (Å²) < 4.78 is 32.4. The van der Waals surface area contributed by atoms with Gasteiger partial charge >= 0.3 is 0 Å². The van der Waals surface area contributed by atoms with Crippen molar-refractivity contribution in [1.82, 2.24) is 14.5 Å². The molecule has 1 fully saturated rings. The van der Waals surface area contributed by atoms with Gasteiger partial charge in [0.2, 0.25) is 15.9 Å². The number of hydrogen-bond acceptors (Lipinski definition) is 6. The maximum absolute atomic E-state index is 13.1. The topological polar surface area (TPSA) is 117 Å². The fourth-order valence-electron chi connectivity index (χ4n) is 3.50. The molecule has 1 aromatic carbocycles. The average molecular weight is 462 g/mol. The van der Waals surface area contributed by atoms with E-state index in [0.717, 1.165) is 0 Å². The van der Waals surface area contributed by atoms with Gasteiger partial charge in [-0.3, -0.25) is 14.4 Å². The third-order valence-corrected chi connectivity index (χ3v) is 7.29. The van der Waals surface area contributed by atoms with Crippen LogP contribution in [-0.2, 0) is 14.8 Å². The first-order valence-electron chi connectivity index (χ1n) is 10.4. The van der Waals surface area contributed by atoms with Crippen LogP contribution >= 0.6 is 0 Å². The van der Waals surface area contributed by atoms with Crippen molar-refractivity contribution >= 4 is 27.6 Å². The Labute approximate surface area is 187 Å². The third-order valence-electron chi connectivity index (χ3n) is 5.39. The van der Waals surface area contributed by atoms with Crippen LogP contribution < -0.4 is 5.32 Å². The van der Waals surface area contributed by atoms with Gasteiger partial charge in [-0.2, -0.15) is 4.31 Å². The summed E-state index contributed by atoms with van der Waals surface area (Å²) in [6.07, 6.45) is 1.38. The highest BCUT2D eigenvalue weighted by Crippen LogP contribution is 2.20. The number of amides is 2. The highest BCUT2D eigenvalue weighted by atomic mass is 32.2. The second-order valence-corrected chi connectivity index (χ2v) is 9.92. The van der Waals surface area contributed by atoms with Crippen LogP contribution in [0.4, 0.5) is 0 Å². The van der Waals surface area contributed by atoms with Crippen LogP contribution in [0.25, 0.3) is 0 Å². The monoisotopic (exact) mass is 461 g/mol. The van der Waals surface area contributed by atoms with Gasteiger partial charge in [0, 0.05) is 31.7 Å². The zero-order chi connectivity index (χ0) is 23.5. The number of rotatable bonds is 7. The zero-order valence-electron chi connectivity index (χ0n) is 18.3. The Morgan fingerprint density at radius 2 is 1.72 bits per heavy atom. The molecule has 10 heteroatoms. The standard InChI is InChI=1S/C22H27N3O6S/c1-15(2)20(23-21(27)19-8-5-13-31-19)22(28)24-9-11-25(12-10-24)32(29,30)18-7-4-6-17(14-18)16(3)26/h4-8,13-15,20H,9-12H2,1-3H3,(H,23,27)/t20-/m0/s1. The lowest BCUT2D eigenvalue weighted by molar-refractivity contribution is -0.135. The Morgan fingerprint density at radius 3 is 2.28 bits per heavy atom. The second-order valence-electron chi connectivity index (χ2n) is 7.99. The zero-order valence-corrected chi connectivity index (χ0v) is 19.1. The number of hydrogen-bond donors (Lipinski definition) is 1. The summed E-state index contributed by atoms with van der Waals surface area (Å²) in [4.78, 5) is 38.6. The predicted octanol–water partition coefficient (Wildman–Crippen LogP) is 1.77. The fourth-order valence-corrected chi connectivity index (χ4v) is 4.97. The minimum absolute atomic E-state index is 0.0516. The van der Waals surface area contributed by atoms with Gasteiger partial charge in [0.1, 0.15) is 6.04 Å². The summed E-state index contributed by atoms with van der Waals surface area (Å²) in [5.41, 5.74) is 0.326. The Hall–Kier alpha value is -2.98. The van der Waals surface area contributed by atoms with Crippen molar-refractivity contribution in [2.45, 2.75) is 31.7 Å². The summed E-state index contributed by atoms with van der Waals surface area (Å²) in [6.45, 7) is 5.67. The van der Waals surface area contributed by atoms with Crippen molar-refractivity contribution in [3.63, 3.8) is 0 Å². The van der Waals surface area contributed by atoms with Crippen LogP contribution in [0.2, 0.25) is 0 Å². The van der Waals surface area contributed by atoms with Crippen LogP contribution in [0.5, 0.6) is 0 Å². The fraction of sp³-hybridized carbons (Fsp3) is 0.409. The number of nitrogens with one attached hydrogen (secondary N) is 1. The van der Waals surface area contributed by atoms with Gasteiger partial charge in [-0.25, -0.2) is 8.42 Å². The molecule has 1 atom stereocenters. The van der Waals surface area contributed by atoms with Crippen molar-refractivity contribution in [2.24, 2.45) is 5.92 Å². The van der Waals surface area contributed by atoms with Gasteiger partial charge in [-0.05, 0) is 37.1 Å². The van der Waals surface area contributed by atoms with E-state index in [-0.39, 0.29) is 54.4 Å². The van der Waals surface area contributed by atoms with E-state index in [2.05, 4.69) is 5.32 Å². The molecule has 1 aromatic heterocycles. The average Bonchev–Trinajstić information content (AvgIpc) is 3.32. The SMILES string of the molecule is CC(=O)c1cccc(S(=O)(=O)N2CCN(C(=O)[C@@H](NC(=O)c3ccco3)C(C)C)CC2)c1. The minimum Gasteiger partial charge on any atom is -0.459 e. The highest BCUT2D eigenvalue weighted by molar-refractivity contribution is 7.89. The number of nitrogens with zero attached hydrogens (tertiary/aromatic N) is 2. The molecule has 172 valence electrons. The molecule has 9 nitrogen and oxygen atoms in total. The molecule has 0 radical (unpaired) electrons. The Morgan fingerprint density at radius 1 is 1.03 bits per heavy atom. The number of furan rings is 1. The number of piperazine rings is 1. The molecule has 2 heterocycles. The predicted molar refractivity (Wildman–Crippen MR) is 117 cm³/mol. The molecule has 0 saturated carbocycles. The summed E-state index contributed by atoms with van der Waals surface area (Å²) in [7, 11) is -3.79. The van der Waals surface area contributed by atoms with Crippen molar-refractivity contribution in [2.75, 3.05) is 26.2 Å². The number of ketones is 1. The Balaban J connectivity index is 1.67. The second kappa shape index (κ2) is 9.66. The molecule has 2 amide bonds. The minimum atomic E-state index is -3.79. The molecule has 1 saturated heterocycles. The van der Waals surface area contributed by atoms with E-state index in [9.17, 15) is 22.8 Å². The number of benzene rings is 1. The van der Waals surface area contributed by atoms with Crippen molar-refractivity contribution in [3.8, 4) is 0 Å². The summed E-state index contributed by atoms with van der Waals surface area (Å²) >= 11 is 0. The summed E-state index contributed by atoms with van der Waals surface area (Å²) in [5, 5.41) is 2.71. The van der Waals surface area contributed by atoms with E-state index in [1.54, 1.807) is 23.1 Å². The van der Waals surface area contributed by atoms with E-state index in [1.807, 2.05) is 13.8 Å². The molecule has 1 aliphatic heterocycles. The first kappa shape index (κ1) is 23.7. The normalized spacial score (nSPS) is 16.1. The highest BCUT2D eigenvalue weighted by Gasteiger charge is 2.34. The van der Waals surface area contributed by atoms with Crippen LogP contribution in [0, 0.1) is 5.92 Å². The molecule has 32 heavy (non-hydrogen) atoms. The molecular formula is C22H27N3O6S. The van der Waals surface area contributed by atoms with Crippen LogP contribution in [-0.4, -0.2) is 67.4 Å². The Kier molecular flexibility index (Phi) is 7.15. The van der Waals surface area contributed by atoms with Gasteiger partial charge in [-0.1, -0.05) is 26.0 Å². The number of sulfonamides is 1.